The van der Waals surface area contributed by atoms with Gasteiger partial charge in [-0.1, -0.05) is 0 Å². The third kappa shape index (κ3) is 1.93. The van der Waals surface area contributed by atoms with E-state index in [1.54, 1.807) is 6.33 Å². The monoisotopic (exact) mass is 196 g/mol. The van der Waals surface area contributed by atoms with E-state index >= 15 is 0 Å². The molecule has 0 radical (unpaired) electrons. The van der Waals surface area contributed by atoms with Gasteiger partial charge in [0.25, 0.3) is 0 Å². The summed E-state index contributed by atoms with van der Waals surface area (Å²) in [5.41, 5.74) is 5.47. The molecule has 5 nitrogen and oxygen atoms in total. The summed E-state index contributed by atoms with van der Waals surface area (Å²) in [5, 5.41) is 8.08. The second kappa shape index (κ2) is 4.52. The van der Waals surface area contributed by atoms with Gasteiger partial charge in [-0.15, -0.1) is 10.2 Å². The van der Waals surface area contributed by atoms with E-state index in [1.807, 2.05) is 0 Å². The van der Waals surface area contributed by atoms with Gasteiger partial charge in [0.1, 0.15) is 12.2 Å². The molecule has 0 bridgehead atoms. The predicted octanol–water partition coefficient (Wildman–Crippen LogP) is 0.131. The lowest BCUT2D eigenvalue weighted by Crippen LogP contribution is -2.11. The first-order valence-corrected chi connectivity index (χ1v) is 5.07. The summed E-state index contributed by atoms with van der Waals surface area (Å²) in [6.07, 6.45) is 3.81. The van der Waals surface area contributed by atoms with Crippen LogP contribution in [-0.4, -0.2) is 34.5 Å². The fourth-order valence-electron chi connectivity index (χ4n) is 1.75. The van der Waals surface area contributed by atoms with E-state index in [9.17, 15) is 0 Å². The fraction of sp³-hybridized carbons (Fsp3) is 0.778. The second-order valence-corrected chi connectivity index (χ2v) is 3.59. The predicted molar refractivity (Wildman–Crippen MR) is 51.9 cm³/mol. The molecule has 1 aromatic heterocycles. The zero-order chi connectivity index (χ0) is 9.80. The molecule has 0 aliphatic carbocycles. The molecule has 0 saturated carbocycles. The van der Waals surface area contributed by atoms with E-state index in [2.05, 4.69) is 14.8 Å². The molecule has 14 heavy (non-hydrogen) atoms. The Hall–Kier alpha value is -0.940. The minimum absolute atomic E-state index is 0.426. The van der Waals surface area contributed by atoms with Crippen LogP contribution in [0.4, 0.5) is 0 Å². The number of hydrogen-bond donors (Lipinski definition) is 1. The smallest absolute Gasteiger partial charge is 0.138 e. The summed E-state index contributed by atoms with van der Waals surface area (Å²) in [4.78, 5) is 0. The van der Waals surface area contributed by atoms with Gasteiger partial charge in [-0.2, -0.15) is 0 Å². The normalized spacial score (nSPS) is 21.6. The molecule has 0 aromatic carbocycles. The maximum atomic E-state index is 5.47. The van der Waals surface area contributed by atoms with Crippen LogP contribution in [0.1, 0.15) is 24.6 Å². The third-order valence-electron chi connectivity index (χ3n) is 2.54. The van der Waals surface area contributed by atoms with Gasteiger partial charge in [0.2, 0.25) is 0 Å². The quantitative estimate of drug-likeness (QED) is 0.743. The van der Waals surface area contributed by atoms with Crippen molar-refractivity contribution in [3.8, 4) is 0 Å². The molecule has 1 saturated heterocycles. The zero-order valence-corrected chi connectivity index (χ0v) is 8.22. The van der Waals surface area contributed by atoms with Gasteiger partial charge in [0, 0.05) is 19.1 Å². The van der Waals surface area contributed by atoms with Gasteiger partial charge in [-0.25, -0.2) is 0 Å². The molecule has 1 unspecified atom stereocenters. The van der Waals surface area contributed by atoms with Gasteiger partial charge < -0.3 is 15.0 Å². The van der Waals surface area contributed by atoms with E-state index in [1.165, 1.54) is 0 Å². The maximum Gasteiger partial charge on any atom is 0.138 e. The molecule has 0 amide bonds. The van der Waals surface area contributed by atoms with Crippen molar-refractivity contribution < 1.29 is 4.74 Å². The standard InChI is InChI=1S/C9H16N4O/c10-3-1-4-13-7-11-12-9(13)8-2-5-14-6-8/h7-8H,1-6,10H2. The van der Waals surface area contributed by atoms with Crippen LogP contribution in [0.5, 0.6) is 0 Å². The van der Waals surface area contributed by atoms with Crippen LogP contribution in [-0.2, 0) is 11.3 Å². The molecule has 1 aliphatic heterocycles. The van der Waals surface area contributed by atoms with E-state index in [-0.39, 0.29) is 0 Å². The van der Waals surface area contributed by atoms with Gasteiger partial charge in [-0.05, 0) is 19.4 Å². The summed E-state index contributed by atoms with van der Waals surface area (Å²) in [5.74, 6) is 1.48. The van der Waals surface area contributed by atoms with Crippen molar-refractivity contribution in [1.82, 2.24) is 14.8 Å². The molecule has 5 heteroatoms. The molecule has 1 fully saturated rings. The van der Waals surface area contributed by atoms with Gasteiger partial charge in [0.05, 0.1) is 6.61 Å². The second-order valence-electron chi connectivity index (χ2n) is 3.59. The van der Waals surface area contributed by atoms with Crippen LogP contribution in [0, 0.1) is 0 Å². The molecular weight excluding hydrogens is 180 g/mol. The van der Waals surface area contributed by atoms with Gasteiger partial charge >= 0.3 is 0 Å². The van der Waals surface area contributed by atoms with Crippen molar-refractivity contribution in [2.75, 3.05) is 19.8 Å². The van der Waals surface area contributed by atoms with E-state index in [0.29, 0.717) is 12.5 Å². The van der Waals surface area contributed by atoms with Crippen molar-refractivity contribution in [1.29, 1.82) is 0 Å². The Morgan fingerprint density at radius 3 is 3.29 bits per heavy atom. The number of hydrogen-bond acceptors (Lipinski definition) is 4. The average Bonchev–Trinajstić information content (AvgIpc) is 2.84. The summed E-state index contributed by atoms with van der Waals surface area (Å²) >= 11 is 0. The first kappa shape index (κ1) is 9.61. The molecule has 78 valence electrons. The molecule has 2 rings (SSSR count). The van der Waals surface area contributed by atoms with Gasteiger partial charge in [-0.3, -0.25) is 0 Å². The van der Waals surface area contributed by atoms with Crippen molar-refractivity contribution in [3.63, 3.8) is 0 Å². The summed E-state index contributed by atoms with van der Waals surface area (Å²) < 4.78 is 7.42. The Kier molecular flexibility index (Phi) is 3.10. The van der Waals surface area contributed by atoms with Crippen molar-refractivity contribution in [2.45, 2.75) is 25.3 Å². The highest BCUT2D eigenvalue weighted by molar-refractivity contribution is 4.98. The maximum absolute atomic E-state index is 5.47. The largest absolute Gasteiger partial charge is 0.381 e. The first-order valence-electron chi connectivity index (χ1n) is 5.07. The van der Waals surface area contributed by atoms with E-state index in [4.69, 9.17) is 10.5 Å². The summed E-state index contributed by atoms with van der Waals surface area (Å²) in [6, 6.07) is 0. The zero-order valence-electron chi connectivity index (χ0n) is 8.22. The van der Waals surface area contributed by atoms with Crippen molar-refractivity contribution in [2.24, 2.45) is 5.73 Å². The minimum atomic E-state index is 0.426. The minimum Gasteiger partial charge on any atom is -0.381 e. The van der Waals surface area contributed by atoms with E-state index in [0.717, 1.165) is 38.4 Å². The highest BCUT2D eigenvalue weighted by Gasteiger charge is 2.22. The molecule has 1 atom stereocenters. The number of ether oxygens (including phenoxy) is 1. The van der Waals surface area contributed by atoms with E-state index < -0.39 is 0 Å². The Morgan fingerprint density at radius 1 is 1.64 bits per heavy atom. The van der Waals surface area contributed by atoms with Crippen LogP contribution < -0.4 is 5.73 Å². The Labute approximate surface area is 83.3 Å². The molecule has 2 N–H and O–H groups in total. The third-order valence-corrected chi connectivity index (χ3v) is 2.54. The molecule has 1 aliphatic rings. The topological polar surface area (TPSA) is 66.0 Å². The number of nitrogens with zero attached hydrogens (tertiary/aromatic N) is 3. The lowest BCUT2D eigenvalue weighted by Gasteiger charge is -2.09. The van der Waals surface area contributed by atoms with Gasteiger partial charge in [0.15, 0.2) is 0 Å². The van der Waals surface area contributed by atoms with Crippen LogP contribution >= 0.6 is 0 Å². The highest BCUT2D eigenvalue weighted by Crippen LogP contribution is 2.23. The number of nitrogens with two attached hydrogens (primary N) is 1. The summed E-state index contributed by atoms with van der Waals surface area (Å²) in [7, 11) is 0. The lowest BCUT2D eigenvalue weighted by atomic mass is 10.1. The lowest BCUT2D eigenvalue weighted by molar-refractivity contribution is 0.192. The Bertz CT molecular complexity index is 280. The molecule has 0 spiro atoms. The van der Waals surface area contributed by atoms with Crippen LogP contribution in [0.15, 0.2) is 6.33 Å². The van der Waals surface area contributed by atoms with Crippen LogP contribution in [0.3, 0.4) is 0 Å². The Morgan fingerprint density at radius 2 is 2.57 bits per heavy atom. The van der Waals surface area contributed by atoms with Crippen LogP contribution in [0.2, 0.25) is 0 Å². The highest BCUT2D eigenvalue weighted by atomic mass is 16.5. The molecular formula is C9H16N4O. The van der Waals surface area contributed by atoms with Crippen molar-refractivity contribution >= 4 is 0 Å². The SMILES string of the molecule is NCCCn1cnnc1C1CCOC1. The number of aromatic nitrogens is 3. The molecule has 1 aromatic rings. The number of rotatable bonds is 4. The number of aryl methyl sites for hydroxylation is 1. The summed E-state index contributed by atoms with van der Waals surface area (Å²) in [6.45, 7) is 3.24. The first-order chi connectivity index (χ1) is 6.92. The Balaban J connectivity index is 2.04. The average molecular weight is 196 g/mol. The molecule has 2 heterocycles. The fourth-order valence-corrected chi connectivity index (χ4v) is 1.75. The van der Waals surface area contributed by atoms with Crippen molar-refractivity contribution in [3.05, 3.63) is 12.2 Å². The van der Waals surface area contributed by atoms with Crippen LogP contribution in [0.25, 0.3) is 0 Å².